The molecule has 0 saturated heterocycles. The zero-order valence-electron chi connectivity index (χ0n) is 13.6. The standard InChI is InChI=1S/C15H13N3O.C3H8O/c1-18-10-9-17-15(18)12-5-4-6-13(11-12)19-14-7-2-3-8-16-14;1-3-4-2/h2-11H,1H3;3H2,1-2H3. The molecule has 0 bridgehead atoms. The lowest BCUT2D eigenvalue weighted by atomic mass is 10.2. The molecule has 0 spiro atoms. The number of methoxy groups -OCH3 is 1. The molecule has 0 N–H and O–H groups in total. The fourth-order valence-electron chi connectivity index (χ4n) is 1.87. The maximum Gasteiger partial charge on any atom is 0.219 e. The molecule has 0 radical (unpaired) electrons. The van der Waals surface area contributed by atoms with E-state index in [4.69, 9.17) is 4.74 Å². The molecule has 0 amide bonds. The molecule has 0 unspecified atom stereocenters. The van der Waals surface area contributed by atoms with Gasteiger partial charge in [-0.15, -0.1) is 0 Å². The van der Waals surface area contributed by atoms with E-state index in [1.54, 1.807) is 19.5 Å². The number of pyridine rings is 1. The summed E-state index contributed by atoms with van der Waals surface area (Å²) in [5.41, 5.74) is 1.01. The molecule has 2 aromatic heterocycles. The summed E-state index contributed by atoms with van der Waals surface area (Å²) in [7, 11) is 3.65. The van der Waals surface area contributed by atoms with Crippen molar-refractivity contribution in [2.45, 2.75) is 6.92 Å². The second-order valence-corrected chi connectivity index (χ2v) is 4.74. The highest BCUT2D eigenvalue weighted by molar-refractivity contribution is 5.58. The Morgan fingerprint density at radius 3 is 2.48 bits per heavy atom. The molecule has 0 atom stereocenters. The Hall–Kier alpha value is -2.66. The molecule has 5 nitrogen and oxygen atoms in total. The third-order valence-electron chi connectivity index (χ3n) is 3.06. The molecule has 0 aliphatic heterocycles. The van der Waals surface area contributed by atoms with Crippen molar-refractivity contribution in [2.24, 2.45) is 7.05 Å². The van der Waals surface area contributed by atoms with Crippen molar-refractivity contribution < 1.29 is 9.47 Å². The summed E-state index contributed by atoms with van der Waals surface area (Å²) in [5.74, 6) is 2.24. The summed E-state index contributed by atoms with van der Waals surface area (Å²) in [6, 6.07) is 13.4. The highest BCUT2D eigenvalue weighted by Gasteiger charge is 2.05. The number of aromatic nitrogens is 3. The van der Waals surface area contributed by atoms with E-state index in [1.807, 2.05) is 67.2 Å². The molecule has 120 valence electrons. The van der Waals surface area contributed by atoms with Crippen molar-refractivity contribution >= 4 is 0 Å². The number of aryl methyl sites for hydroxylation is 1. The Bertz CT molecular complexity index is 709. The van der Waals surface area contributed by atoms with Gasteiger partial charge in [-0.1, -0.05) is 18.2 Å². The van der Waals surface area contributed by atoms with Crippen LogP contribution in [-0.2, 0) is 11.8 Å². The van der Waals surface area contributed by atoms with Crippen LogP contribution in [0.2, 0.25) is 0 Å². The number of benzene rings is 1. The molecule has 3 aromatic rings. The van der Waals surface area contributed by atoms with Gasteiger partial charge in [0, 0.05) is 51.0 Å². The highest BCUT2D eigenvalue weighted by Crippen LogP contribution is 2.25. The van der Waals surface area contributed by atoms with Gasteiger partial charge in [-0.05, 0) is 25.1 Å². The van der Waals surface area contributed by atoms with Crippen molar-refractivity contribution in [1.29, 1.82) is 0 Å². The smallest absolute Gasteiger partial charge is 0.219 e. The van der Waals surface area contributed by atoms with Gasteiger partial charge in [0.15, 0.2) is 0 Å². The molecular formula is C18H21N3O2. The van der Waals surface area contributed by atoms with Gasteiger partial charge in [0.2, 0.25) is 5.88 Å². The molecule has 0 aliphatic rings. The maximum absolute atomic E-state index is 5.71. The van der Waals surface area contributed by atoms with Crippen LogP contribution in [0, 0.1) is 0 Å². The Morgan fingerprint density at radius 2 is 1.87 bits per heavy atom. The zero-order chi connectivity index (χ0) is 16.5. The van der Waals surface area contributed by atoms with Crippen LogP contribution < -0.4 is 4.74 Å². The minimum absolute atomic E-state index is 0.583. The highest BCUT2D eigenvalue weighted by atomic mass is 16.5. The lowest BCUT2D eigenvalue weighted by molar-refractivity contribution is 0.215. The van der Waals surface area contributed by atoms with E-state index in [-0.39, 0.29) is 0 Å². The number of rotatable bonds is 4. The normalized spacial score (nSPS) is 9.87. The zero-order valence-corrected chi connectivity index (χ0v) is 13.6. The molecule has 23 heavy (non-hydrogen) atoms. The second kappa shape index (κ2) is 8.70. The predicted molar refractivity (Wildman–Crippen MR) is 90.5 cm³/mol. The third-order valence-corrected chi connectivity index (χ3v) is 3.06. The van der Waals surface area contributed by atoms with Crippen LogP contribution in [0.4, 0.5) is 0 Å². The third kappa shape index (κ3) is 4.93. The van der Waals surface area contributed by atoms with E-state index in [0.29, 0.717) is 5.88 Å². The fourth-order valence-corrected chi connectivity index (χ4v) is 1.87. The topological polar surface area (TPSA) is 49.2 Å². The first-order chi connectivity index (χ1) is 11.2. The predicted octanol–water partition coefficient (Wildman–Crippen LogP) is 3.93. The van der Waals surface area contributed by atoms with Crippen LogP contribution in [0.15, 0.2) is 61.1 Å². The summed E-state index contributed by atoms with van der Waals surface area (Å²) < 4.78 is 12.2. The Labute approximate surface area is 136 Å². The van der Waals surface area contributed by atoms with Gasteiger partial charge in [0.1, 0.15) is 11.6 Å². The van der Waals surface area contributed by atoms with Gasteiger partial charge >= 0.3 is 0 Å². The van der Waals surface area contributed by atoms with E-state index in [0.717, 1.165) is 23.7 Å². The van der Waals surface area contributed by atoms with Gasteiger partial charge in [0.25, 0.3) is 0 Å². The van der Waals surface area contributed by atoms with Crippen molar-refractivity contribution in [3.8, 4) is 23.0 Å². The quantitative estimate of drug-likeness (QED) is 0.732. The van der Waals surface area contributed by atoms with Gasteiger partial charge in [-0.3, -0.25) is 0 Å². The van der Waals surface area contributed by atoms with E-state index in [9.17, 15) is 0 Å². The summed E-state index contributed by atoms with van der Waals surface area (Å²) in [4.78, 5) is 8.47. The molecule has 0 fully saturated rings. The Morgan fingerprint density at radius 1 is 1.04 bits per heavy atom. The minimum atomic E-state index is 0.583. The first kappa shape index (κ1) is 16.7. The number of hydrogen-bond acceptors (Lipinski definition) is 4. The molecule has 0 aliphatic carbocycles. The van der Waals surface area contributed by atoms with Gasteiger partial charge in [-0.25, -0.2) is 9.97 Å². The Kier molecular flexibility index (Phi) is 6.32. The van der Waals surface area contributed by atoms with Crippen LogP contribution in [0.1, 0.15) is 6.92 Å². The van der Waals surface area contributed by atoms with E-state index < -0.39 is 0 Å². The summed E-state index contributed by atoms with van der Waals surface area (Å²) in [6.45, 7) is 2.78. The summed E-state index contributed by atoms with van der Waals surface area (Å²) in [5, 5.41) is 0. The number of imidazole rings is 1. The molecular weight excluding hydrogens is 290 g/mol. The van der Waals surface area contributed by atoms with Crippen molar-refractivity contribution in [2.75, 3.05) is 13.7 Å². The summed E-state index contributed by atoms with van der Waals surface area (Å²) in [6.07, 6.45) is 5.40. The van der Waals surface area contributed by atoms with Gasteiger partial charge in [-0.2, -0.15) is 0 Å². The fraction of sp³-hybridized carbons (Fsp3) is 0.222. The molecule has 5 heteroatoms. The molecule has 0 saturated carbocycles. The lowest BCUT2D eigenvalue weighted by Gasteiger charge is -2.06. The maximum atomic E-state index is 5.71. The summed E-state index contributed by atoms with van der Waals surface area (Å²) >= 11 is 0. The van der Waals surface area contributed by atoms with Crippen LogP contribution in [0.25, 0.3) is 11.4 Å². The number of nitrogens with zero attached hydrogens (tertiary/aromatic N) is 3. The number of ether oxygens (including phenoxy) is 2. The average Bonchev–Trinajstić information content (AvgIpc) is 3.02. The minimum Gasteiger partial charge on any atom is -0.439 e. The Balaban J connectivity index is 0.000000433. The van der Waals surface area contributed by atoms with Crippen molar-refractivity contribution in [3.63, 3.8) is 0 Å². The van der Waals surface area contributed by atoms with Crippen molar-refractivity contribution in [3.05, 3.63) is 61.1 Å². The monoisotopic (exact) mass is 311 g/mol. The SMILES string of the molecule is CCOC.Cn1ccnc1-c1cccc(Oc2ccccn2)c1. The van der Waals surface area contributed by atoms with Crippen molar-refractivity contribution in [1.82, 2.24) is 14.5 Å². The first-order valence-electron chi connectivity index (χ1n) is 7.40. The molecule has 1 aromatic carbocycles. The largest absolute Gasteiger partial charge is 0.439 e. The van der Waals surface area contributed by atoms with Gasteiger partial charge in [0.05, 0.1) is 0 Å². The van der Waals surface area contributed by atoms with Gasteiger partial charge < -0.3 is 14.0 Å². The second-order valence-electron chi connectivity index (χ2n) is 4.74. The van der Waals surface area contributed by atoms with Crippen LogP contribution in [-0.4, -0.2) is 28.3 Å². The molecule has 3 rings (SSSR count). The number of hydrogen-bond donors (Lipinski definition) is 0. The van der Waals surface area contributed by atoms with E-state index >= 15 is 0 Å². The van der Waals surface area contributed by atoms with Crippen LogP contribution >= 0.6 is 0 Å². The van der Waals surface area contributed by atoms with Crippen LogP contribution in [0.3, 0.4) is 0 Å². The van der Waals surface area contributed by atoms with E-state index in [2.05, 4.69) is 14.7 Å². The lowest BCUT2D eigenvalue weighted by Crippen LogP contribution is -1.92. The molecule has 2 heterocycles. The first-order valence-corrected chi connectivity index (χ1v) is 7.40. The average molecular weight is 311 g/mol. The van der Waals surface area contributed by atoms with E-state index in [1.165, 1.54) is 0 Å². The van der Waals surface area contributed by atoms with Crippen LogP contribution in [0.5, 0.6) is 11.6 Å².